The molecule has 7 heteroatoms. The van der Waals surface area contributed by atoms with Gasteiger partial charge < -0.3 is 14.8 Å². The van der Waals surface area contributed by atoms with Crippen LogP contribution < -0.4 is 14.8 Å². The smallest absolute Gasteiger partial charge is 0.263 e. The molecule has 0 atom stereocenters. The highest BCUT2D eigenvalue weighted by molar-refractivity contribution is 8.26. The molecule has 0 unspecified atom stereocenters. The number of thiocarbonyl (C=S) groups is 1. The van der Waals surface area contributed by atoms with E-state index < -0.39 is 0 Å². The molecule has 4 nitrogen and oxygen atoms in total. The van der Waals surface area contributed by atoms with Gasteiger partial charge in [0.05, 0.1) is 23.1 Å². The minimum atomic E-state index is -0.199. The van der Waals surface area contributed by atoms with Crippen molar-refractivity contribution in [1.29, 1.82) is 0 Å². The van der Waals surface area contributed by atoms with Crippen molar-refractivity contribution in [3.63, 3.8) is 0 Å². The lowest BCUT2D eigenvalue weighted by molar-refractivity contribution is -0.115. The Morgan fingerprint density at radius 3 is 2.73 bits per heavy atom. The summed E-state index contributed by atoms with van der Waals surface area (Å²) >= 11 is 12.5. The molecule has 0 bridgehead atoms. The summed E-state index contributed by atoms with van der Waals surface area (Å²) in [6.45, 7) is 4.97. The van der Waals surface area contributed by atoms with Gasteiger partial charge in [0.2, 0.25) is 0 Å². The molecule has 0 radical (unpaired) electrons. The summed E-state index contributed by atoms with van der Waals surface area (Å²) in [6.07, 6.45) is 2.61. The zero-order valence-electron chi connectivity index (χ0n) is 12.3. The molecule has 1 heterocycles. The Labute approximate surface area is 144 Å². The van der Waals surface area contributed by atoms with Gasteiger partial charge in [0.1, 0.15) is 4.32 Å². The highest BCUT2D eigenvalue weighted by Gasteiger charge is 2.22. The number of benzene rings is 1. The van der Waals surface area contributed by atoms with Crippen LogP contribution in [0, 0.1) is 0 Å². The van der Waals surface area contributed by atoms with Gasteiger partial charge in [-0.05, 0) is 37.1 Å². The molecule has 1 aliphatic heterocycles. The topological polar surface area (TPSA) is 47.6 Å². The van der Waals surface area contributed by atoms with Crippen molar-refractivity contribution in [3.05, 3.63) is 27.6 Å². The summed E-state index contributed by atoms with van der Waals surface area (Å²) < 4.78 is 11.7. The molecule has 1 fully saturated rings. The Hall–Kier alpha value is -1.24. The van der Waals surface area contributed by atoms with E-state index in [9.17, 15) is 4.79 Å². The second kappa shape index (κ2) is 7.85. The molecular weight excluding hydrogens is 342 g/mol. The maximum absolute atomic E-state index is 11.7. The average Bonchev–Trinajstić information content (AvgIpc) is 2.76. The van der Waals surface area contributed by atoms with Crippen LogP contribution in [0.2, 0.25) is 5.02 Å². The number of halogens is 1. The summed E-state index contributed by atoms with van der Waals surface area (Å²) in [4.78, 5) is 12.2. The monoisotopic (exact) mass is 357 g/mol. The van der Waals surface area contributed by atoms with E-state index in [0.717, 1.165) is 12.0 Å². The standard InChI is InChI=1S/C15H16ClNO3S2/c1-3-5-20-13-10(16)6-9(7-11(13)19-4-2)8-12-14(18)17-15(21)22-12/h6-8H,3-5H2,1-2H3,(H,17,18,21)/b12-8+. The fourth-order valence-electron chi connectivity index (χ4n) is 1.85. The van der Waals surface area contributed by atoms with Crippen LogP contribution in [-0.4, -0.2) is 23.4 Å². The zero-order valence-corrected chi connectivity index (χ0v) is 14.7. The first-order valence-corrected chi connectivity index (χ1v) is 8.49. The third-order valence-corrected chi connectivity index (χ3v) is 4.17. The van der Waals surface area contributed by atoms with Crippen molar-refractivity contribution in [3.8, 4) is 11.5 Å². The first-order valence-electron chi connectivity index (χ1n) is 6.89. The molecule has 1 aliphatic rings. The molecule has 1 saturated heterocycles. The van der Waals surface area contributed by atoms with Crippen LogP contribution in [0.25, 0.3) is 6.08 Å². The van der Waals surface area contributed by atoms with Crippen LogP contribution in [0.3, 0.4) is 0 Å². The van der Waals surface area contributed by atoms with Gasteiger partial charge in [-0.2, -0.15) is 0 Å². The van der Waals surface area contributed by atoms with Gasteiger partial charge in [-0.3, -0.25) is 4.79 Å². The second-order valence-electron chi connectivity index (χ2n) is 4.46. The minimum Gasteiger partial charge on any atom is -0.490 e. The number of rotatable bonds is 6. The number of hydrogen-bond donors (Lipinski definition) is 1. The highest BCUT2D eigenvalue weighted by Crippen LogP contribution is 2.38. The molecule has 1 aromatic carbocycles. The van der Waals surface area contributed by atoms with E-state index in [1.54, 1.807) is 12.1 Å². The van der Waals surface area contributed by atoms with Crippen LogP contribution in [0.1, 0.15) is 25.8 Å². The predicted octanol–water partition coefficient (Wildman–Crippen LogP) is 4.02. The lowest BCUT2D eigenvalue weighted by Gasteiger charge is -2.14. The number of nitrogens with one attached hydrogen (secondary N) is 1. The van der Waals surface area contributed by atoms with Gasteiger partial charge in [0, 0.05) is 0 Å². The van der Waals surface area contributed by atoms with Gasteiger partial charge in [-0.15, -0.1) is 0 Å². The van der Waals surface area contributed by atoms with Gasteiger partial charge in [0.25, 0.3) is 5.91 Å². The molecule has 1 amide bonds. The molecule has 0 aromatic heterocycles. The number of carbonyl (C=O) groups excluding carboxylic acids is 1. The normalized spacial score (nSPS) is 16.0. The fourth-order valence-corrected chi connectivity index (χ4v) is 3.17. The maximum Gasteiger partial charge on any atom is 0.263 e. The van der Waals surface area contributed by atoms with Crippen molar-refractivity contribution in [2.45, 2.75) is 20.3 Å². The van der Waals surface area contributed by atoms with Crippen molar-refractivity contribution >= 4 is 51.9 Å². The quantitative estimate of drug-likeness (QED) is 0.615. The summed E-state index contributed by atoms with van der Waals surface area (Å²) in [6, 6.07) is 3.56. The number of amides is 1. The summed E-state index contributed by atoms with van der Waals surface area (Å²) in [7, 11) is 0. The number of thioether (sulfide) groups is 1. The van der Waals surface area contributed by atoms with Crippen molar-refractivity contribution in [1.82, 2.24) is 5.32 Å². The van der Waals surface area contributed by atoms with E-state index in [-0.39, 0.29) is 5.91 Å². The zero-order chi connectivity index (χ0) is 16.1. The van der Waals surface area contributed by atoms with E-state index in [1.807, 2.05) is 19.9 Å². The van der Waals surface area contributed by atoms with E-state index in [4.69, 9.17) is 33.3 Å². The molecule has 1 N–H and O–H groups in total. The summed E-state index contributed by atoms with van der Waals surface area (Å²) in [5.41, 5.74) is 0.764. The number of hydrogen-bond acceptors (Lipinski definition) is 5. The summed E-state index contributed by atoms with van der Waals surface area (Å²) in [5.74, 6) is 0.906. The molecule has 118 valence electrons. The molecular formula is C15H16ClNO3S2. The van der Waals surface area contributed by atoms with Gasteiger partial charge >= 0.3 is 0 Å². The fraction of sp³-hybridized carbons (Fsp3) is 0.333. The van der Waals surface area contributed by atoms with Crippen molar-refractivity contribution in [2.75, 3.05) is 13.2 Å². The highest BCUT2D eigenvalue weighted by atomic mass is 35.5. The molecule has 0 saturated carbocycles. The summed E-state index contributed by atoms with van der Waals surface area (Å²) in [5, 5.41) is 3.03. The van der Waals surface area contributed by atoms with Crippen LogP contribution >= 0.6 is 35.6 Å². The molecule has 0 spiro atoms. The minimum absolute atomic E-state index is 0.199. The van der Waals surface area contributed by atoms with Gasteiger partial charge in [-0.25, -0.2) is 0 Å². The van der Waals surface area contributed by atoms with Crippen LogP contribution in [0.4, 0.5) is 0 Å². The Bertz CT molecular complexity index is 631. The maximum atomic E-state index is 11.7. The molecule has 22 heavy (non-hydrogen) atoms. The van der Waals surface area contributed by atoms with Crippen LogP contribution in [0.5, 0.6) is 11.5 Å². The number of carbonyl (C=O) groups is 1. The number of ether oxygens (including phenoxy) is 2. The first kappa shape index (κ1) is 17.1. The Morgan fingerprint density at radius 1 is 1.36 bits per heavy atom. The lowest BCUT2D eigenvalue weighted by Crippen LogP contribution is -2.17. The Morgan fingerprint density at radius 2 is 2.14 bits per heavy atom. The van der Waals surface area contributed by atoms with Crippen LogP contribution in [0.15, 0.2) is 17.0 Å². The van der Waals surface area contributed by atoms with Crippen molar-refractivity contribution < 1.29 is 14.3 Å². The van der Waals surface area contributed by atoms with E-state index in [1.165, 1.54) is 11.8 Å². The van der Waals surface area contributed by atoms with Gasteiger partial charge in [-0.1, -0.05) is 42.5 Å². The molecule has 2 rings (SSSR count). The third kappa shape index (κ3) is 4.15. The predicted molar refractivity (Wildman–Crippen MR) is 94.7 cm³/mol. The van der Waals surface area contributed by atoms with Crippen LogP contribution in [-0.2, 0) is 4.79 Å². The average molecular weight is 358 g/mol. The SMILES string of the molecule is CCCOc1c(Cl)cc(/C=C2/SC(=S)NC2=O)cc1OCC. The Kier molecular flexibility index (Phi) is 6.11. The third-order valence-electron chi connectivity index (χ3n) is 2.72. The lowest BCUT2D eigenvalue weighted by atomic mass is 10.2. The molecule has 0 aliphatic carbocycles. The molecule has 1 aromatic rings. The van der Waals surface area contributed by atoms with Crippen molar-refractivity contribution in [2.24, 2.45) is 0 Å². The Balaban J connectivity index is 2.35. The van der Waals surface area contributed by atoms with E-state index in [2.05, 4.69) is 5.32 Å². The largest absolute Gasteiger partial charge is 0.490 e. The van der Waals surface area contributed by atoms with Gasteiger partial charge in [0.15, 0.2) is 11.5 Å². The first-order chi connectivity index (χ1) is 10.5. The van der Waals surface area contributed by atoms with E-state index in [0.29, 0.717) is 39.0 Å². The van der Waals surface area contributed by atoms with E-state index >= 15 is 0 Å². The second-order valence-corrected chi connectivity index (χ2v) is 6.59.